The van der Waals surface area contributed by atoms with Crippen LogP contribution >= 0.6 is 0 Å². The summed E-state index contributed by atoms with van der Waals surface area (Å²) in [6.45, 7) is 8.42. The minimum atomic E-state index is -0.231. The number of hydrogen-bond acceptors (Lipinski definition) is 7. The summed E-state index contributed by atoms with van der Waals surface area (Å²) in [6, 6.07) is 10.0. The molecule has 3 aliphatic heterocycles. The molecule has 1 aromatic carbocycles. The molecule has 1 radical (unpaired) electrons. The molecule has 3 aliphatic rings. The van der Waals surface area contributed by atoms with Crippen LogP contribution in [-0.2, 0) is 20.4 Å². The molecule has 6 rings (SSSR count). The first-order chi connectivity index (χ1) is 20.0. The van der Waals surface area contributed by atoms with Crippen LogP contribution in [0, 0.1) is 18.8 Å². The Kier molecular flexibility index (Phi) is 11.4. The first-order valence-electron chi connectivity index (χ1n) is 15.1. The summed E-state index contributed by atoms with van der Waals surface area (Å²) in [4.78, 5) is 28.5. The second kappa shape index (κ2) is 14.8. The number of nitrogens with one attached hydrogen (secondary N) is 5. The smallest absolute Gasteiger partial charge is 0.256 e. The number of pyridine rings is 1. The van der Waals surface area contributed by atoms with Crippen LogP contribution in [-0.4, -0.2) is 103 Å². The Morgan fingerprint density at radius 3 is 2.53 bits per heavy atom. The van der Waals surface area contributed by atoms with Crippen molar-refractivity contribution >= 4 is 34.2 Å². The van der Waals surface area contributed by atoms with Crippen molar-refractivity contribution in [3.05, 3.63) is 60.8 Å². The van der Waals surface area contributed by atoms with Crippen molar-refractivity contribution in [2.75, 3.05) is 77.1 Å². The summed E-state index contributed by atoms with van der Waals surface area (Å²) >= 11 is 0. The fourth-order valence-corrected chi connectivity index (χ4v) is 6.66. The molecule has 5 heterocycles. The van der Waals surface area contributed by atoms with E-state index in [0.29, 0.717) is 29.2 Å². The van der Waals surface area contributed by atoms with Crippen LogP contribution in [0.15, 0.2) is 36.5 Å². The molecule has 0 bridgehead atoms. The number of piperazine rings is 1. The summed E-state index contributed by atoms with van der Waals surface area (Å²) in [6.07, 6.45) is 6.35. The predicted octanol–water partition coefficient (Wildman–Crippen LogP) is 4.01. The molecule has 3 saturated heterocycles. The number of likely N-dealkylation sites (tertiary alicyclic amines) is 2. The molecular formula is C32H46N9ORe-. The van der Waals surface area contributed by atoms with Crippen molar-refractivity contribution in [3.63, 3.8) is 0 Å². The van der Waals surface area contributed by atoms with Crippen molar-refractivity contribution in [2.24, 2.45) is 5.92 Å². The van der Waals surface area contributed by atoms with Gasteiger partial charge in [0, 0.05) is 119 Å². The van der Waals surface area contributed by atoms with Gasteiger partial charge in [0.2, 0.25) is 0 Å². The van der Waals surface area contributed by atoms with Crippen molar-refractivity contribution in [1.29, 1.82) is 5.41 Å². The van der Waals surface area contributed by atoms with Gasteiger partial charge in [-0.05, 0) is 69.5 Å². The molecule has 11 heteroatoms. The molecular weight excluding hydrogens is 713 g/mol. The summed E-state index contributed by atoms with van der Waals surface area (Å²) in [7, 11) is 4.02. The number of fused-ring (bicyclic) bond motifs is 1. The predicted molar refractivity (Wildman–Crippen MR) is 171 cm³/mol. The Morgan fingerprint density at radius 1 is 1.07 bits per heavy atom. The zero-order chi connectivity index (χ0) is 28.3. The van der Waals surface area contributed by atoms with Gasteiger partial charge in [-0.15, -0.1) is 0 Å². The quantitative estimate of drug-likeness (QED) is 0.141. The number of amidine groups is 1. The number of benzene rings is 1. The van der Waals surface area contributed by atoms with Gasteiger partial charge in [-0.1, -0.05) is 0 Å². The van der Waals surface area contributed by atoms with Crippen LogP contribution in [0.4, 0.5) is 11.5 Å². The van der Waals surface area contributed by atoms with E-state index in [4.69, 9.17) is 5.41 Å². The molecule has 1 amide bonds. The van der Waals surface area contributed by atoms with Gasteiger partial charge in [0.15, 0.2) is 0 Å². The number of H-pyrrole nitrogens is 1. The zero-order valence-corrected chi connectivity index (χ0v) is 28.4. The molecule has 43 heavy (non-hydrogen) atoms. The summed E-state index contributed by atoms with van der Waals surface area (Å²) < 4.78 is 0. The zero-order valence-electron chi connectivity index (χ0n) is 25.7. The maximum Gasteiger partial charge on any atom is 0.256 e. The third-order valence-corrected chi connectivity index (χ3v) is 9.11. The normalized spacial score (nSPS) is 20.0. The van der Waals surface area contributed by atoms with E-state index in [1.54, 1.807) is 6.07 Å². The Labute approximate surface area is 269 Å². The Balaban J connectivity index is 0.00000212. The standard InChI is InChI=1S/C31H43N9O.CH3.Re/c1-33-25-6-5-22(16-24(25)30(32)40-12-7-21(8-13-40)20-39-14-9-34-10-15-39)31(41)37-29-18-26-23(19-35-29)17-27(36-26)28-4-3-11-38(28)2;;/h5-6,16-19,21,28,32-34,36H,3-4,7-15,20H2,1-2H3,(H,35,37,41);1H3;/q;-1;. The summed E-state index contributed by atoms with van der Waals surface area (Å²) in [5, 5.41) is 19.7. The van der Waals surface area contributed by atoms with Crippen molar-refractivity contribution in [2.45, 2.75) is 31.7 Å². The van der Waals surface area contributed by atoms with Crippen molar-refractivity contribution in [1.82, 2.24) is 30.0 Å². The van der Waals surface area contributed by atoms with Crippen molar-refractivity contribution < 1.29 is 25.2 Å². The third kappa shape index (κ3) is 7.47. The van der Waals surface area contributed by atoms with E-state index in [9.17, 15) is 4.79 Å². The fraction of sp³-hybridized carbons (Fsp3) is 0.500. The van der Waals surface area contributed by atoms with Crippen LogP contribution in [0.2, 0.25) is 0 Å². The monoisotopic (exact) mass is 759 g/mol. The van der Waals surface area contributed by atoms with Gasteiger partial charge in [0.1, 0.15) is 11.7 Å². The van der Waals surface area contributed by atoms with Gasteiger partial charge in [-0.25, -0.2) is 4.98 Å². The number of aromatic amines is 1. The molecule has 3 fully saturated rings. The van der Waals surface area contributed by atoms with E-state index in [2.05, 4.69) is 53.7 Å². The number of nitrogens with zero attached hydrogens (tertiary/aromatic N) is 4. The van der Waals surface area contributed by atoms with E-state index in [1.165, 1.54) is 12.1 Å². The summed E-state index contributed by atoms with van der Waals surface area (Å²) in [5.41, 5.74) is 4.28. The molecule has 0 spiro atoms. The molecule has 0 saturated carbocycles. The average molecular weight is 759 g/mol. The van der Waals surface area contributed by atoms with E-state index in [0.717, 1.165) is 93.8 Å². The maximum atomic E-state index is 13.3. The van der Waals surface area contributed by atoms with Crippen LogP contribution in [0.1, 0.15) is 53.3 Å². The minimum absolute atomic E-state index is 0. The van der Waals surface area contributed by atoms with Crippen LogP contribution in [0.3, 0.4) is 0 Å². The molecule has 2 aromatic heterocycles. The number of rotatable bonds is 7. The first-order valence-corrected chi connectivity index (χ1v) is 15.1. The number of piperidine rings is 1. The van der Waals surface area contributed by atoms with E-state index in [1.807, 2.05) is 31.4 Å². The van der Waals surface area contributed by atoms with Gasteiger partial charge in [0.05, 0.1) is 5.52 Å². The number of amides is 1. The number of carbonyl (C=O) groups excluding carboxylic acids is 1. The third-order valence-electron chi connectivity index (χ3n) is 9.11. The van der Waals surface area contributed by atoms with Gasteiger partial charge in [-0.2, -0.15) is 0 Å². The molecule has 1 unspecified atom stereocenters. The van der Waals surface area contributed by atoms with Gasteiger partial charge in [-0.3, -0.25) is 15.1 Å². The van der Waals surface area contributed by atoms with Crippen LogP contribution < -0.4 is 16.0 Å². The van der Waals surface area contributed by atoms with Gasteiger partial charge in [0.25, 0.3) is 5.91 Å². The second-order valence-corrected chi connectivity index (χ2v) is 11.8. The largest absolute Gasteiger partial charge is 0.388 e. The summed E-state index contributed by atoms with van der Waals surface area (Å²) in [5.74, 6) is 1.43. The van der Waals surface area contributed by atoms with E-state index < -0.39 is 0 Å². The van der Waals surface area contributed by atoms with E-state index >= 15 is 0 Å². The maximum absolute atomic E-state index is 13.3. The van der Waals surface area contributed by atoms with Crippen LogP contribution in [0.25, 0.3) is 10.9 Å². The first kappa shape index (κ1) is 33.1. The minimum Gasteiger partial charge on any atom is -0.388 e. The van der Waals surface area contributed by atoms with Crippen molar-refractivity contribution in [3.8, 4) is 0 Å². The topological polar surface area (TPSA) is 115 Å². The van der Waals surface area contributed by atoms with Crippen LogP contribution in [0.5, 0.6) is 0 Å². The second-order valence-electron chi connectivity index (χ2n) is 11.8. The van der Waals surface area contributed by atoms with Gasteiger partial charge < -0.3 is 38.2 Å². The Morgan fingerprint density at radius 2 is 1.84 bits per heavy atom. The van der Waals surface area contributed by atoms with Gasteiger partial charge >= 0.3 is 0 Å². The molecule has 10 nitrogen and oxygen atoms in total. The number of aromatic nitrogens is 2. The molecule has 3 aromatic rings. The Hall–Kier alpha value is -2.81. The number of hydrogen-bond donors (Lipinski definition) is 5. The fourth-order valence-electron chi connectivity index (χ4n) is 6.66. The molecule has 0 aliphatic carbocycles. The van der Waals surface area contributed by atoms with E-state index in [-0.39, 0.29) is 33.8 Å². The molecule has 1 atom stereocenters. The average Bonchev–Trinajstić information content (AvgIpc) is 3.62. The Bertz CT molecular complexity index is 1390. The molecule has 5 N–H and O–H groups in total. The SMILES string of the molecule is CNc1ccc(C(=O)Nc2cc3[nH]c(C4CCCN4C)cc3cn2)cc1C(=N)N1CCC(CN2CCNCC2)CC1.[CH3-].[Re]. The number of anilines is 2. The number of carbonyl (C=O) groups is 1. The molecule has 233 valence electrons.